The number of hydrogen-bond donors (Lipinski definition) is 0. The fraction of sp³-hybridized carbons (Fsp3) is 0.500. The third kappa shape index (κ3) is 4.31. The molecular weight excluding hydrogens is 470 g/mol. The van der Waals surface area contributed by atoms with Crippen LogP contribution in [0.2, 0.25) is 13.1 Å². The molecule has 0 aromatic heterocycles. The van der Waals surface area contributed by atoms with Gasteiger partial charge in [0.25, 0.3) is 0 Å². The zero-order valence-electron chi connectivity index (χ0n) is 13.0. The molecule has 0 N–H and O–H groups in total. The van der Waals surface area contributed by atoms with E-state index in [0.29, 0.717) is 0 Å². The minimum atomic E-state index is -1.64. The molecule has 113 valence electrons. The summed E-state index contributed by atoms with van der Waals surface area (Å²) in [5.74, 6) is -0.479. The van der Waals surface area contributed by atoms with E-state index in [1.165, 1.54) is 25.7 Å². The van der Waals surface area contributed by atoms with Crippen LogP contribution in [0.4, 0.5) is 0 Å². The number of hydrogen-bond acceptors (Lipinski definition) is 0. The Morgan fingerprint density at radius 1 is 0.900 bits per heavy atom. The third-order valence-electron chi connectivity index (χ3n) is 4.05. The van der Waals surface area contributed by atoms with Crippen molar-refractivity contribution in [3.05, 3.63) is 42.1 Å². The Bertz CT molecular complexity index is 409. The zero-order valence-corrected chi connectivity index (χ0v) is 19.4. The second-order valence-corrected chi connectivity index (χ2v) is 32.3. The Morgan fingerprint density at radius 2 is 1.30 bits per heavy atom. The summed E-state index contributed by atoms with van der Waals surface area (Å²) in [6.45, 7) is 9.88. The van der Waals surface area contributed by atoms with Gasteiger partial charge in [-0.15, -0.1) is 24.8 Å². The van der Waals surface area contributed by atoms with Gasteiger partial charge in [-0.3, -0.25) is 0 Å². The molecule has 0 bridgehead atoms. The molecule has 0 amide bonds. The van der Waals surface area contributed by atoms with Gasteiger partial charge >= 0.3 is 121 Å². The molecule has 0 spiro atoms. The average Bonchev–Trinajstić information content (AvgIpc) is 2.97. The van der Waals surface area contributed by atoms with Gasteiger partial charge in [0, 0.05) is 0 Å². The second kappa shape index (κ2) is 9.60. The smallest absolute Gasteiger partial charge is 0.147 e. The Kier molecular flexibility index (Phi) is 9.91. The SMILES string of the molecule is CCC1=[C]([Hf]([C]2=C(CC)C=CC2)[SiH](C)C)CC=C1.Cl.Cl. The monoisotopic (exact) mass is 497 g/mol. The van der Waals surface area contributed by atoms with Gasteiger partial charge in [0.2, 0.25) is 0 Å². The summed E-state index contributed by atoms with van der Waals surface area (Å²) < 4.78 is 3.93. The molecule has 2 rings (SSSR count). The second-order valence-electron chi connectivity index (χ2n) is 5.50. The third-order valence-corrected chi connectivity index (χ3v) is 31.8. The van der Waals surface area contributed by atoms with Crippen molar-refractivity contribution in [2.75, 3.05) is 0 Å². The van der Waals surface area contributed by atoms with Gasteiger partial charge < -0.3 is 0 Å². The average molecular weight is 497 g/mol. The standard InChI is InChI=1S/2C7H9.C2H7Si.2ClH.Hf/c2*1-2-7-5-3-4-6-7;1-3-2;;;/h2*3,5H,2,4H2,1H3;3H,1-2H3;2*1H;. The van der Waals surface area contributed by atoms with Crippen molar-refractivity contribution in [2.45, 2.75) is 52.6 Å². The summed E-state index contributed by atoms with van der Waals surface area (Å²) >= 11 is -1.64. The van der Waals surface area contributed by atoms with Gasteiger partial charge in [0.05, 0.1) is 0 Å². The van der Waals surface area contributed by atoms with E-state index < -0.39 is 26.6 Å². The van der Waals surface area contributed by atoms with Crippen LogP contribution in [0.1, 0.15) is 39.5 Å². The minimum Gasteiger partial charge on any atom is -0.147 e. The van der Waals surface area contributed by atoms with Crippen molar-refractivity contribution in [1.29, 1.82) is 0 Å². The summed E-state index contributed by atoms with van der Waals surface area (Å²) in [5.41, 5.74) is 3.43. The van der Waals surface area contributed by atoms with Crippen LogP contribution in [-0.2, 0) is 20.6 Å². The summed E-state index contributed by atoms with van der Waals surface area (Å²) in [5, 5.41) is 0. The number of rotatable bonds is 5. The molecule has 0 atom stereocenters. The molecule has 0 aromatic rings. The van der Waals surface area contributed by atoms with Crippen molar-refractivity contribution in [2.24, 2.45) is 0 Å². The maximum Gasteiger partial charge on any atom is -0.147 e. The molecule has 0 fully saturated rings. The maximum atomic E-state index is 2.61. The van der Waals surface area contributed by atoms with Crippen LogP contribution in [0.3, 0.4) is 0 Å². The van der Waals surface area contributed by atoms with Gasteiger partial charge in [-0.1, -0.05) is 0 Å². The van der Waals surface area contributed by atoms with Crippen molar-refractivity contribution in [3.8, 4) is 0 Å². The predicted octanol–water partition coefficient (Wildman–Crippen LogP) is 5.68. The van der Waals surface area contributed by atoms with Gasteiger partial charge in [-0.25, -0.2) is 0 Å². The van der Waals surface area contributed by atoms with E-state index in [9.17, 15) is 0 Å². The molecule has 0 nitrogen and oxygen atoms in total. The van der Waals surface area contributed by atoms with Crippen LogP contribution in [0.5, 0.6) is 0 Å². The summed E-state index contributed by atoms with van der Waals surface area (Å²) in [4.78, 5) is 0. The Morgan fingerprint density at radius 3 is 1.60 bits per heavy atom. The fourth-order valence-electron chi connectivity index (χ4n) is 3.21. The van der Waals surface area contributed by atoms with Crippen LogP contribution in [0.15, 0.2) is 42.1 Å². The molecule has 2 aliphatic carbocycles. The predicted molar refractivity (Wildman–Crippen MR) is 95.5 cm³/mol. The summed E-state index contributed by atoms with van der Waals surface area (Å²) in [6, 6.07) is 0. The van der Waals surface area contributed by atoms with Crippen molar-refractivity contribution >= 4 is 30.8 Å². The summed E-state index contributed by atoms with van der Waals surface area (Å²) in [6.07, 6.45) is 14.8. The Labute approximate surface area is 145 Å². The first-order valence-electron chi connectivity index (χ1n) is 7.33. The molecule has 0 heterocycles. The van der Waals surface area contributed by atoms with Crippen molar-refractivity contribution < 1.29 is 20.6 Å². The molecule has 2 aliphatic rings. The largest absolute Gasteiger partial charge is 0.147 e. The van der Waals surface area contributed by atoms with E-state index >= 15 is 0 Å². The maximum absolute atomic E-state index is 2.61. The fourth-order valence-corrected chi connectivity index (χ4v) is 32.7. The van der Waals surface area contributed by atoms with E-state index in [1.54, 1.807) is 11.1 Å². The Balaban J connectivity index is 0.00000180. The van der Waals surface area contributed by atoms with E-state index in [4.69, 9.17) is 0 Å². The van der Waals surface area contributed by atoms with Gasteiger partial charge in [0.15, 0.2) is 0 Å². The first-order valence-corrected chi connectivity index (χ1v) is 20.0. The molecular formula is C16H27Cl2HfSi. The quantitative estimate of drug-likeness (QED) is 0.430. The van der Waals surface area contributed by atoms with Crippen LogP contribution in [0.25, 0.3) is 0 Å². The van der Waals surface area contributed by atoms with E-state index in [2.05, 4.69) is 51.2 Å². The number of halogens is 2. The molecule has 0 radical (unpaired) electrons. The zero-order chi connectivity index (χ0) is 13.1. The van der Waals surface area contributed by atoms with Crippen LogP contribution in [0, 0.1) is 0 Å². The topological polar surface area (TPSA) is 0 Å². The molecule has 0 saturated carbocycles. The normalized spacial score (nSPS) is 16.9. The minimum absolute atomic E-state index is 0. The van der Waals surface area contributed by atoms with E-state index in [1.807, 2.05) is 6.66 Å². The molecule has 20 heavy (non-hydrogen) atoms. The molecule has 4 heteroatoms. The van der Waals surface area contributed by atoms with Crippen molar-refractivity contribution in [3.63, 3.8) is 0 Å². The first-order chi connectivity index (χ1) is 8.69. The van der Waals surface area contributed by atoms with Crippen molar-refractivity contribution in [1.82, 2.24) is 0 Å². The van der Waals surface area contributed by atoms with Gasteiger partial charge in [-0.05, 0) is 0 Å². The molecule has 0 saturated heterocycles. The van der Waals surface area contributed by atoms with Crippen LogP contribution >= 0.6 is 24.8 Å². The molecule has 0 aromatic carbocycles. The van der Waals surface area contributed by atoms with Crippen LogP contribution < -0.4 is 0 Å². The first kappa shape index (κ1) is 20.6. The summed E-state index contributed by atoms with van der Waals surface area (Å²) in [7, 11) is 0. The number of allylic oxidation sites excluding steroid dienone is 8. The van der Waals surface area contributed by atoms with Crippen LogP contribution in [-0.4, -0.2) is 5.98 Å². The molecule has 0 unspecified atom stereocenters. The molecule has 0 aliphatic heterocycles. The van der Waals surface area contributed by atoms with Gasteiger partial charge in [-0.2, -0.15) is 0 Å². The van der Waals surface area contributed by atoms with Gasteiger partial charge in [0.1, 0.15) is 0 Å². The van der Waals surface area contributed by atoms with E-state index in [0.717, 1.165) is 0 Å². The Hall–Kier alpha value is 0.627. The van der Waals surface area contributed by atoms with E-state index in [-0.39, 0.29) is 24.8 Å².